The van der Waals surface area contributed by atoms with Crippen LogP contribution < -0.4 is 16.0 Å². The molecule has 5 nitrogen and oxygen atoms in total. The molecule has 0 fully saturated rings. The molecule has 3 N–H and O–H groups in total. The molecule has 0 saturated carbocycles. The van der Waals surface area contributed by atoms with Crippen LogP contribution in [0, 0.1) is 0 Å². The Bertz CT molecular complexity index is 1150. The minimum atomic E-state index is -4.67. The van der Waals surface area contributed by atoms with Crippen LogP contribution in [0.5, 0.6) is 0 Å². The van der Waals surface area contributed by atoms with Crippen molar-refractivity contribution in [2.24, 2.45) is 0 Å². The molecule has 0 bridgehead atoms. The summed E-state index contributed by atoms with van der Waals surface area (Å²) in [5.41, 5.74) is 0.0809. The molecule has 3 aromatic carbocycles. The van der Waals surface area contributed by atoms with Crippen LogP contribution in [0.4, 0.5) is 30.2 Å². The van der Waals surface area contributed by atoms with Crippen molar-refractivity contribution in [2.75, 3.05) is 16.0 Å². The maximum absolute atomic E-state index is 13.2. The van der Waals surface area contributed by atoms with Crippen molar-refractivity contribution in [3.05, 3.63) is 87.9 Å². The van der Waals surface area contributed by atoms with E-state index in [1.807, 2.05) is 0 Å². The smallest absolute Gasteiger partial charge is 0.374 e. The molecule has 1 unspecified atom stereocenters. The van der Waals surface area contributed by atoms with Crippen molar-refractivity contribution in [1.82, 2.24) is 0 Å². The monoisotopic (exact) mass is 495 g/mol. The van der Waals surface area contributed by atoms with Crippen LogP contribution in [0.25, 0.3) is 0 Å². The molecule has 0 saturated heterocycles. The Hall–Kier alpha value is -3.23. The van der Waals surface area contributed by atoms with Gasteiger partial charge in [-0.3, -0.25) is 9.59 Å². The van der Waals surface area contributed by atoms with E-state index < -0.39 is 23.7 Å². The summed E-state index contributed by atoms with van der Waals surface area (Å²) >= 11 is 11.5. The molecule has 3 rings (SSSR count). The number of rotatable bonds is 6. The van der Waals surface area contributed by atoms with Crippen LogP contribution in [0.1, 0.15) is 22.8 Å². The minimum absolute atomic E-state index is 0.0882. The first-order chi connectivity index (χ1) is 15.5. The van der Waals surface area contributed by atoms with E-state index in [0.29, 0.717) is 22.0 Å². The second kappa shape index (κ2) is 10.1. The van der Waals surface area contributed by atoms with Gasteiger partial charge >= 0.3 is 6.18 Å². The lowest BCUT2D eigenvalue weighted by Gasteiger charge is -2.18. The van der Waals surface area contributed by atoms with E-state index in [9.17, 15) is 22.8 Å². The molecule has 0 heterocycles. The van der Waals surface area contributed by atoms with Gasteiger partial charge in [0, 0.05) is 27.0 Å². The fraction of sp³-hybridized carbons (Fsp3) is 0.130. The highest BCUT2D eigenvalue weighted by molar-refractivity contribution is 6.31. The molecule has 10 heteroatoms. The molecule has 0 spiro atoms. The van der Waals surface area contributed by atoms with Gasteiger partial charge in [0.15, 0.2) is 0 Å². The summed E-state index contributed by atoms with van der Waals surface area (Å²) in [7, 11) is 0. The van der Waals surface area contributed by atoms with Gasteiger partial charge in [0.1, 0.15) is 6.04 Å². The van der Waals surface area contributed by atoms with E-state index >= 15 is 0 Å². The van der Waals surface area contributed by atoms with Crippen LogP contribution >= 0.6 is 23.2 Å². The highest BCUT2D eigenvalue weighted by Gasteiger charge is 2.34. The number of carbonyl (C=O) groups is 2. The number of hydrogen-bond acceptors (Lipinski definition) is 3. The maximum atomic E-state index is 13.2. The Balaban J connectivity index is 1.61. The van der Waals surface area contributed by atoms with E-state index in [2.05, 4.69) is 16.0 Å². The Morgan fingerprint density at radius 3 is 2.00 bits per heavy atom. The van der Waals surface area contributed by atoms with Gasteiger partial charge in [0.25, 0.3) is 5.91 Å². The van der Waals surface area contributed by atoms with Gasteiger partial charge in [-0.1, -0.05) is 23.2 Å². The molecule has 0 radical (unpaired) electrons. The Morgan fingerprint density at radius 1 is 0.818 bits per heavy atom. The van der Waals surface area contributed by atoms with E-state index in [-0.39, 0.29) is 16.6 Å². The summed E-state index contributed by atoms with van der Waals surface area (Å²) in [6.45, 7) is 1.51. The van der Waals surface area contributed by atoms with Gasteiger partial charge in [-0.05, 0) is 73.7 Å². The summed E-state index contributed by atoms with van der Waals surface area (Å²) in [5.74, 6) is -0.980. The van der Waals surface area contributed by atoms with Crippen LogP contribution in [0.15, 0.2) is 66.7 Å². The fourth-order valence-corrected chi connectivity index (χ4v) is 3.17. The number of hydrogen-bond donors (Lipinski definition) is 3. The van der Waals surface area contributed by atoms with Gasteiger partial charge < -0.3 is 16.0 Å². The molecule has 3 aromatic rings. The summed E-state index contributed by atoms with van der Waals surface area (Å²) in [4.78, 5) is 24.7. The topological polar surface area (TPSA) is 70.2 Å². The number of anilines is 3. The Kier molecular flexibility index (Phi) is 7.50. The number of halogens is 5. The molecule has 0 aliphatic carbocycles. The maximum Gasteiger partial charge on any atom is 0.418 e. The number of benzene rings is 3. The first-order valence-corrected chi connectivity index (χ1v) is 10.4. The van der Waals surface area contributed by atoms with Crippen molar-refractivity contribution >= 4 is 52.1 Å². The molecular formula is C23H18Cl2F3N3O2. The third-order valence-corrected chi connectivity index (χ3v) is 5.06. The Morgan fingerprint density at radius 2 is 1.39 bits per heavy atom. The lowest BCUT2D eigenvalue weighted by Crippen LogP contribution is -2.32. The van der Waals surface area contributed by atoms with Crippen LogP contribution in [-0.2, 0) is 11.0 Å². The van der Waals surface area contributed by atoms with E-state index in [0.717, 1.165) is 12.1 Å². The minimum Gasteiger partial charge on any atom is -0.374 e. The predicted octanol–water partition coefficient (Wildman–Crippen LogP) is 6.70. The van der Waals surface area contributed by atoms with Crippen LogP contribution in [0.3, 0.4) is 0 Å². The SMILES string of the molecule is CC(Nc1ccc(NC(=O)c2ccc(Cl)cc2)cc1)C(=O)Nc1ccc(Cl)cc1C(F)(F)F. The predicted molar refractivity (Wildman–Crippen MR) is 124 cm³/mol. The first-order valence-electron chi connectivity index (χ1n) is 9.64. The second-order valence-corrected chi connectivity index (χ2v) is 7.95. The first kappa shape index (κ1) is 24.4. The van der Waals surface area contributed by atoms with Crippen molar-refractivity contribution in [3.8, 4) is 0 Å². The molecule has 172 valence electrons. The standard InChI is InChI=1S/C23H18Cl2F3N3O2/c1-13(21(32)31-20-11-6-16(25)12-19(20)23(26,27)28)29-17-7-9-18(10-8-17)30-22(33)14-2-4-15(24)5-3-14/h2-13,29H,1H3,(H,30,33)(H,31,32). The van der Waals surface area contributed by atoms with Gasteiger partial charge in [-0.2, -0.15) is 13.2 Å². The number of carbonyl (C=O) groups excluding carboxylic acids is 2. The number of amides is 2. The van der Waals surface area contributed by atoms with E-state index in [1.54, 1.807) is 48.5 Å². The van der Waals surface area contributed by atoms with E-state index in [4.69, 9.17) is 23.2 Å². The Labute approximate surface area is 197 Å². The second-order valence-electron chi connectivity index (χ2n) is 7.08. The molecule has 2 amide bonds. The van der Waals surface area contributed by atoms with Crippen molar-refractivity contribution in [3.63, 3.8) is 0 Å². The highest BCUT2D eigenvalue weighted by atomic mass is 35.5. The molecule has 33 heavy (non-hydrogen) atoms. The summed E-state index contributed by atoms with van der Waals surface area (Å²) < 4.78 is 39.7. The van der Waals surface area contributed by atoms with Gasteiger partial charge in [0.05, 0.1) is 11.3 Å². The fourth-order valence-electron chi connectivity index (χ4n) is 2.87. The van der Waals surface area contributed by atoms with Gasteiger partial charge in [0.2, 0.25) is 5.91 Å². The van der Waals surface area contributed by atoms with Crippen molar-refractivity contribution in [2.45, 2.75) is 19.1 Å². The zero-order valence-corrected chi connectivity index (χ0v) is 18.6. The normalized spacial score (nSPS) is 12.1. The largest absolute Gasteiger partial charge is 0.418 e. The number of nitrogens with one attached hydrogen (secondary N) is 3. The molecule has 0 aliphatic rings. The van der Waals surface area contributed by atoms with Gasteiger partial charge in [-0.25, -0.2) is 0 Å². The lowest BCUT2D eigenvalue weighted by molar-refractivity contribution is -0.137. The quantitative estimate of drug-likeness (QED) is 0.356. The summed E-state index contributed by atoms with van der Waals surface area (Å²) in [5, 5.41) is 8.34. The van der Waals surface area contributed by atoms with Crippen LogP contribution in [-0.4, -0.2) is 17.9 Å². The van der Waals surface area contributed by atoms with Crippen LogP contribution in [0.2, 0.25) is 10.0 Å². The average Bonchev–Trinajstić information content (AvgIpc) is 2.76. The highest BCUT2D eigenvalue weighted by Crippen LogP contribution is 2.36. The third kappa shape index (κ3) is 6.63. The lowest BCUT2D eigenvalue weighted by atomic mass is 10.1. The molecule has 1 atom stereocenters. The molecule has 0 aromatic heterocycles. The van der Waals surface area contributed by atoms with Gasteiger partial charge in [-0.15, -0.1) is 0 Å². The molecular weight excluding hydrogens is 478 g/mol. The summed E-state index contributed by atoms with van der Waals surface area (Å²) in [6, 6.07) is 15.2. The van der Waals surface area contributed by atoms with Crippen molar-refractivity contribution < 1.29 is 22.8 Å². The third-order valence-electron chi connectivity index (χ3n) is 4.57. The summed E-state index contributed by atoms with van der Waals surface area (Å²) in [6.07, 6.45) is -4.67. The number of alkyl halides is 3. The zero-order chi connectivity index (χ0) is 24.2. The van der Waals surface area contributed by atoms with Crippen molar-refractivity contribution in [1.29, 1.82) is 0 Å². The zero-order valence-electron chi connectivity index (χ0n) is 17.1. The molecule has 0 aliphatic heterocycles. The average molecular weight is 496 g/mol. The van der Waals surface area contributed by atoms with E-state index in [1.165, 1.54) is 13.0 Å².